The van der Waals surface area contributed by atoms with Crippen molar-refractivity contribution in [2.24, 2.45) is 0 Å². The monoisotopic (exact) mass is 706 g/mol. The topological polar surface area (TPSA) is 218 Å². The highest BCUT2D eigenvalue weighted by molar-refractivity contribution is 7.97. The van der Waals surface area contributed by atoms with Gasteiger partial charge in [0.1, 0.15) is 0 Å². The van der Waals surface area contributed by atoms with Crippen LogP contribution in [0, 0.1) is 24.7 Å². The first-order chi connectivity index (χ1) is 23.5. The highest BCUT2D eigenvalue weighted by Gasteiger charge is 2.48. The molecule has 50 heavy (non-hydrogen) atoms. The van der Waals surface area contributed by atoms with E-state index in [2.05, 4.69) is 11.8 Å². The number of hydrogen-bond acceptors (Lipinski definition) is 10. The van der Waals surface area contributed by atoms with E-state index in [0.29, 0.717) is 34.1 Å². The number of imide groups is 2. The van der Waals surface area contributed by atoms with E-state index in [0.717, 1.165) is 24.3 Å². The van der Waals surface area contributed by atoms with Crippen molar-refractivity contribution in [3.8, 4) is 24.7 Å². The van der Waals surface area contributed by atoms with Crippen LogP contribution >= 0.6 is 0 Å². The van der Waals surface area contributed by atoms with E-state index in [1.807, 2.05) is 0 Å². The Hall–Kier alpha value is -6.88. The van der Waals surface area contributed by atoms with Crippen LogP contribution in [0.1, 0.15) is 73.3 Å². The number of carboxylic acids is 2. The highest BCUT2D eigenvalue weighted by Crippen LogP contribution is 2.45. The third-order valence-corrected chi connectivity index (χ3v) is 12.2. The molecule has 0 fully saturated rings. The Balaban J connectivity index is 1.37. The number of carbonyl (C=O) groups excluding carboxylic acids is 4. The summed E-state index contributed by atoms with van der Waals surface area (Å²) < 4.78 is 56.0. The van der Waals surface area contributed by atoms with Gasteiger partial charge >= 0.3 is 11.9 Å². The van der Waals surface area contributed by atoms with Gasteiger partial charge in [-0.1, -0.05) is 11.8 Å². The zero-order chi connectivity index (χ0) is 36.2. The zero-order valence-corrected chi connectivity index (χ0v) is 26.2. The quantitative estimate of drug-likeness (QED) is 0.204. The molecule has 16 heteroatoms. The molecular weight excluding hydrogens is 693 g/mol. The fourth-order valence-corrected chi connectivity index (χ4v) is 10.1. The molecule has 0 bridgehead atoms. The molecule has 7 rings (SSSR count). The van der Waals surface area contributed by atoms with E-state index in [1.54, 1.807) is 0 Å². The Morgan fingerprint density at radius 1 is 0.500 bits per heavy atom. The summed E-state index contributed by atoms with van der Waals surface area (Å²) in [6.45, 7) is 0. The maximum absolute atomic E-state index is 14.0. The lowest BCUT2D eigenvalue weighted by Gasteiger charge is -2.21. The van der Waals surface area contributed by atoms with Crippen LogP contribution in [0.5, 0.6) is 0 Å². The Kier molecular flexibility index (Phi) is 6.54. The fraction of sp³-hybridized carbons (Fsp3) is 0. The average molecular weight is 707 g/mol. The molecule has 2 N–H and O–H groups in total. The number of nitrogens with zero attached hydrogens (tertiary/aromatic N) is 2. The van der Waals surface area contributed by atoms with E-state index in [9.17, 15) is 55.8 Å². The number of benzene rings is 4. The molecular formula is C34H14N2O12S2. The summed E-state index contributed by atoms with van der Waals surface area (Å²) in [5.74, 6) is -2.84. The summed E-state index contributed by atoms with van der Waals surface area (Å²) >= 11 is 0. The number of carboxylic acid groups (broad SMARTS) is 2. The van der Waals surface area contributed by atoms with Crippen molar-refractivity contribution >= 4 is 66.6 Å². The van der Waals surface area contributed by atoms with Crippen LogP contribution in [-0.4, -0.2) is 62.6 Å². The van der Waals surface area contributed by atoms with Crippen LogP contribution < -0.4 is 9.80 Å². The van der Waals surface area contributed by atoms with E-state index < -0.39 is 97.1 Å². The minimum Gasteiger partial charge on any atom is -0.478 e. The normalized spacial score (nSPS) is 16.2. The van der Waals surface area contributed by atoms with Gasteiger partial charge in [-0.2, -0.15) is 0 Å². The molecule has 3 heterocycles. The number of fused-ring (bicyclic) bond motifs is 4. The Labute approximate surface area is 281 Å². The number of hydrogen-bond donors (Lipinski definition) is 2. The molecule has 4 aromatic rings. The molecule has 0 saturated carbocycles. The van der Waals surface area contributed by atoms with Crippen LogP contribution in [0.25, 0.3) is 0 Å². The van der Waals surface area contributed by atoms with E-state index in [-0.39, 0.29) is 33.6 Å². The minimum absolute atomic E-state index is 0.00172. The largest absolute Gasteiger partial charge is 0.478 e. The molecule has 0 atom stereocenters. The van der Waals surface area contributed by atoms with E-state index >= 15 is 0 Å². The number of aromatic carboxylic acids is 2. The van der Waals surface area contributed by atoms with Crippen molar-refractivity contribution in [1.29, 1.82) is 0 Å². The summed E-state index contributed by atoms with van der Waals surface area (Å²) in [7, 11) is -9.74. The summed E-state index contributed by atoms with van der Waals surface area (Å²) in [5.41, 5.74) is -3.33. The molecule has 0 spiro atoms. The van der Waals surface area contributed by atoms with Crippen molar-refractivity contribution < 1.29 is 55.8 Å². The molecule has 3 aliphatic heterocycles. The maximum Gasteiger partial charge on any atom is 0.335 e. The molecule has 14 nitrogen and oxygen atoms in total. The van der Waals surface area contributed by atoms with Crippen molar-refractivity contribution in [3.63, 3.8) is 0 Å². The van der Waals surface area contributed by atoms with Crippen molar-refractivity contribution in [3.05, 3.63) is 105 Å². The predicted molar refractivity (Wildman–Crippen MR) is 169 cm³/mol. The van der Waals surface area contributed by atoms with Crippen LogP contribution in [-0.2, 0) is 19.7 Å². The van der Waals surface area contributed by atoms with Crippen LogP contribution in [0.2, 0.25) is 0 Å². The molecule has 0 aromatic heterocycles. The number of carbonyl (C=O) groups is 6. The van der Waals surface area contributed by atoms with Gasteiger partial charge in [0.05, 0.1) is 64.3 Å². The Morgan fingerprint density at radius 3 is 1.02 bits per heavy atom. The summed E-state index contributed by atoms with van der Waals surface area (Å²) in [6.07, 6.45) is 10.8. The SMILES string of the molecule is C#Cc1cc(C(=O)O)cc(N2C(=O)c3cc4c(cc3C2=O)S(=O)(=O)c2cc3c(cc2S4(=O)=O)C(=O)N(c2cc(C#C)cc(C(=O)O)c2)C3=O)c1. The third kappa shape index (κ3) is 4.23. The van der Waals surface area contributed by atoms with Gasteiger partial charge in [-0.3, -0.25) is 19.2 Å². The molecule has 4 aromatic carbocycles. The number of anilines is 2. The second kappa shape index (κ2) is 10.3. The van der Waals surface area contributed by atoms with E-state index in [4.69, 9.17) is 12.8 Å². The van der Waals surface area contributed by atoms with Gasteiger partial charge in [-0.25, -0.2) is 36.2 Å². The van der Waals surface area contributed by atoms with Gasteiger partial charge in [-0.15, -0.1) is 12.8 Å². The lowest BCUT2D eigenvalue weighted by molar-refractivity contribution is 0.0686. The first-order valence-corrected chi connectivity index (χ1v) is 16.8. The second-order valence-corrected chi connectivity index (χ2v) is 14.8. The molecule has 0 saturated heterocycles. The second-order valence-electron chi connectivity index (χ2n) is 11.0. The third-order valence-electron chi connectivity index (χ3n) is 8.24. The molecule has 244 valence electrons. The predicted octanol–water partition coefficient (Wildman–Crippen LogP) is 2.63. The first-order valence-electron chi connectivity index (χ1n) is 13.8. The maximum atomic E-state index is 14.0. The molecule has 0 aliphatic carbocycles. The molecule has 3 aliphatic rings. The summed E-state index contributed by atoms with van der Waals surface area (Å²) in [4.78, 5) is 74.9. The van der Waals surface area contributed by atoms with Crippen LogP contribution in [0.3, 0.4) is 0 Å². The standard InChI is InChI=1S/C34H14N2O12S2/c1-3-15-5-17(33(41)42)9-19(7-15)35-29(37)21-11-25-26(12-22(21)30(35)38)50(47,48)28-14-24-23(13-27(28)49(25,45)46)31(39)36(32(24)40)20-8-16(4-2)6-18(10-20)34(43)44/h1-2,5-14H,(H,41,42)(H,43,44). The minimum atomic E-state index is -4.87. The summed E-state index contributed by atoms with van der Waals surface area (Å²) in [5, 5.41) is 19.0. The van der Waals surface area contributed by atoms with Gasteiger partial charge in [0, 0.05) is 11.1 Å². The number of rotatable bonds is 4. The zero-order valence-electron chi connectivity index (χ0n) is 24.6. The van der Waals surface area contributed by atoms with Gasteiger partial charge in [0.25, 0.3) is 23.6 Å². The molecule has 0 radical (unpaired) electrons. The van der Waals surface area contributed by atoms with Gasteiger partial charge in [-0.05, 0) is 60.7 Å². The number of terminal acetylenes is 2. The van der Waals surface area contributed by atoms with Gasteiger partial charge in [0.15, 0.2) is 0 Å². The number of amides is 4. The van der Waals surface area contributed by atoms with Gasteiger partial charge < -0.3 is 10.2 Å². The van der Waals surface area contributed by atoms with Crippen molar-refractivity contribution in [2.45, 2.75) is 19.6 Å². The first kappa shape index (κ1) is 31.7. The smallest absolute Gasteiger partial charge is 0.335 e. The van der Waals surface area contributed by atoms with E-state index in [1.165, 1.54) is 12.1 Å². The lowest BCUT2D eigenvalue weighted by Crippen LogP contribution is -2.29. The molecule has 0 unspecified atom stereocenters. The van der Waals surface area contributed by atoms with Crippen LogP contribution in [0.4, 0.5) is 11.4 Å². The van der Waals surface area contributed by atoms with Gasteiger partial charge in [0.2, 0.25) is 19.7 Å². The number of sulfone groups is 2. The van der Waals surface area contributed by atoms with Crippen molar-refractivity contribution in [1.82, 2.24) is 0 Å². The van der Waals surface area contributed by atoms with Crippen molar-refractivity contribution in [2.75, 3.05) is 9.80 Å². The lowest BCUT2D eigenvalue weighted by atomic mass is 10.1. The average Bonchev–Trinajstić information content (AvgIpc) is 3.48. The highest BCUT2D eigenvalue weighted by atomic mass is 32.2. The Bertz CT molecular complexity index is 2460. The summed E-state index contributed by atoms with van der Waals surface area (Å²) in [6, 6.07) is 9.35. The fourth-order valence-electron chi connectivity index (χ4n) is 5.93. The Morgan fingerprint density at radius 2 is 0.780 bits per heavy atom. The van der Waals surface area contributed by atoms with Crippen LogP contribution in [0.15, 0.2) is 80.2 Å². The molecule has 4 amide bonds.